The molecular weight excluding hydrogens is 334 g/mol. The number of hydrogen-bond acceptors (Lipinski definition) is 2. The molecule has 124 valence electrons. The Morgan fingerprint density at radius 2 is 1.48 bits per heavy atom. The van der Waals surface area contributed by atoms with Crippen LogP contribution in [0, 0.1) is 0 Å². The lowest BCUT2D eigenvalue weighted by molar-refractivity contribution is -0.111. The van der Waals surface area contributed by atoms with Crippen LogP contribution >= 0.6 is 11.6 Å². The molecule has 0 bridgehead atoms. The predicted octanol–water partition coefficient (Wildman–Crippen LogP) is 5.78. The molecule has 0 atom stereocenters. The third kappa shape index (κ3) is 4.96. The van der Waals surface area contributed by atoms with E-state index >= 15 is 0 Å². The Bertz CT molecular complexity index is 874. The van der Waals surface area contributed by atoms with E-state index in [9.17, 15) is 4.79 Å². The molecule has 1 amide bonds. The third-order valence-corrected chi connectivity index (χ3v) is 3.76. The molecule has 25 heavy (non-hydrogen) atoms. The van der Waals surface area contributed by atoms with Crippen molar-refractivity contribution < 1.29 is 9.53 Å². The number of halogens is 1. The lowest BCUT2D eigenvalue weighted by atomic mass is 10.2. The predicted molar refractivity (Wildman–Crippen MR) is 102 cm³/mol. The van der Waals surface area contributed by atoms with Crippen molar-refractivity contribution in [2.45, 2.75) is 0 Å². The summed E-state index contributed by atoms with van der Waals surface area (Å²) in [6.45, 7) is 0. The van der Waals surface area contributed by atoms with Crippen molar-refractivity contribution in [2.75, 3.05) is 5.32 Å². The fraction of sp³-hybridized carbons (Fsp3) is 0. The monoisotopic (exact) mass is 349 g/mol. The van der Waals surface area contributed by atoms with E-state index in [1.807, 2.05) is 48.5 Å². The Hall–Kier alpha value is -3.04. The summed E-state index contributed by atoms with van der Waals surface area (Å²) in [6, 6.07) is 24.1. The fourth-order valence-corrected chi connectivity index (χ4v) is 2.39. The Balaban J connectivity index is 1.59. The van der Waals surface area contributed by atoms with E-state index in [1.54, 1.807) is 36.4 Å². The molecule has 0 saturated heterocycles. The number of ether oxygens (including phenoxy) is 1. The summed E-state index contributed by atoms with van der Waals surface area (Å²) in [5, 5.41) is 3.40. The molecule has 0 aliphatic carbocycles. The second-order valence-corrected chi connectivity index (χ2v) is 5.69. The van der Waals surface area contributed by atoms with Crippen molar-refractivity contribution in [3.63, 3.8) is 0 Å². The number of hydrogen-bond donors (Lipinski definition) is 1. The highest BCUT2D eigenvalue weighted by Crippen LogP contribution is 2.22. The van der Waals surface area contributed by atoms with Crippen LogP contribution in [0.2, 0.25) is 5.02 Å². The first kappa shape index (κ1) is 16.8. The molecule has 1 N–H and O–H groups in total. The SMILES string of the molecule is O=C(/C=C/c1ccccc1Cl)Nc1ccc(Oc2ccccc2)cc1. The zero-order chi connectivity index (χ0) is 17.5. The van der Waals surface area contributed by atoms with Crippen molar-refractivity contribution in [3.8, 4) is 11.5 Å². The first-order valence-corrected chi connectivity index (χ1v) is 8.15. The molecule has 0 fully saturated rings. The van der Waals surface area contributed by atoms with Gasteiger partial charge in [-0.2, -0.15) is 0 Å². The minimum absolute atomic E-state index is 0.225. The van der Waals surface area contributed by atoms with E-state index in [2.05, 4.69) is 5.32 Å². The summed E-state index contributed by atoms with van der Waals surface area (Å²) in [5.41, 5.74) is 1.49. The first-order chi connectivity index (χ1) is 12.2. The van der Waals surface area contributed by atoms with Gasteiger partial charge in [0.15, 0.2) is 0 Å². The summed E-state index contributed by atoms with van der Waals surface area (Å²) in [7, 11) is 0. The molecule has 3 nitrogen and oxygen atoms in total. The zero-order valence-corrected chi connectivity index (χ0v) is 14.1. The minimum Gasteiger partial charge on any atom is -0.457 e. The Morgan fingerprint density at radius 1 is 0.840 bits per heavy atom. The van der Waals surface area contributed by atoms with Crippen LogP contribution in [0.15, 0.2) is 84.9 Å². The topological polar surface area (TPSA) is 38.3 Å². The number of benzene rings is 3. The van der Waals surface area contributed by atoms with Gasteiger partial charge in [-0.1, -0.05) is 48.0 Å². The van der Waals surface area contributed by atoms with E-state index in [1.165, 1.54) is 6.08 Å². The maximum Gasteiger partial charge on any atom is 0.248 e. The standard InChI is InChI=1S/C21H16ClNO2/c22-20-9-5-4-6-16(20)10-15-21(24)23-17-11-13-19(14-12-17)25-18-7-2-1-3-8-18/h1-15H,(H,23,24)/b15-10+. The van der Waals surface area contributed by atoms with Crippen LogP contribution in [0.3, 0.4) is 0 Å². The van der Waals surface area contributed by atoms with E-state index in [-0.39, 0.29) is 5.91 Å². The van der Waals surface area contributed by atoms with Crippen molar-refractivity contribution in [3.05, 3.63) is 95.5 Å². The highest BCUT2D eigenvalue weighted by molar-refractivity contribution is 6.32. The van der Waals surface area contributed by atoms with Crippen LogP contribution in [0.1, 0.15) is 5.56 Å². The quantitative estimate of drug-likeness (QED) is 0.592. The highest BCUT2D eigenvalue weighted by atomic mass is 35.5. The number of carbonyl (C=O) groups excluding carboxylic acids is 1. The van der Waals surface area contributed by atoms with Gasteiger partial charge in [0.25, 0.3) is 0 Å². The van der Waals surface area contributed by atoms with Gasteiger partial charge in [0, 0.05) is 16.8 Å². The molecule has 0 aromatic heterocycles. The molecule has 0 spiro atoms. The van der Waals surface area contributed by atoms with Gasteiger partial charge in [-0.15, -0.1) is 0 Å². The van der Waals surface area contributed by atoms with E-state index < -0.39 is 0 Å². The summed E-state index contributed by atoms with van der Waals surface area (Å²) >= 11 is 6.05. The number of para-hydroxylation sites is 1. The molecule has 0 saturated carbocycles. The maximum absolute atomic E-state index is 12.0. The maximum atomic E-state index is 12.0. The molecule has 4 heteroatoms. The molecule has 3 aromatic carbocycles. The lowest BCUT2D eigenvalue weighted by Gasteiger charge is -2.07. The highest BCUT2D eigenvalue weighted by Gasteiger charge is 2.01. The van der Waals surface area contributed by atoms with Gasteiger partial charge >= 0.3 is 0 Å². The molecule has 0 radical (unpaired) electrons. The molecule has 0 heterocycles. The van der Waals surface area contributed by atoms with Crippen LogP contribution in [-0.2, 0) is 4.79 Å². The second-order valence-electron chi connectivity index (χ2n) is 5.28. The van der Waals surface area contributed by atoms with E-state index in [4.69, 9.17) is 16.3 Å². The average molecular weight is 350 g/mol. The van der Waals surface area contributed by atoms with Crippen LogP contribution in [-0.4, -0.2) is 5.91 Å². The number of carbonyl (C=O) groups is 1. The van der Waals surface area contributed by atoms with Gasteiger partial charge in [-0.05, 0) is 54.1 Å². The minimum atomic E-state index is -0.225. The number of amides is 1. The molecule has 3 aromatic rings. The summed E-state index contributed by atoms with van der Waals surface area (Å²) in [6.07, 6.45) is 3.14. The van der Waals surface area contributed by atoms with Crippen LogP contribution < -0.4 is 10.1 Å². The summed E-state index contributed by atoms with van der Waals surface area (Å²) < 4.78 is 5.72. The Morgan fingerprint density at radius 3 is 2.20 bits per heavy atom. The molecule has 3 rings (SSSR count). The van der Waals surface area contributed by atoms with Crippen LogP contribution in [0.5, 0.6) is 11.5 Å². The van der Waals surface area contributed by atoms with Crippen LogP contribution in [0.4, 0.5) is 5.69 Å². The normalized spacial score (nSPS) is 10.6. The molecule has 0 aliphatic heterocycles. The zero-order valence-electron chi connectivity index (χ0n) is 13.4. The van der Waals surface area contributed by atoms with E-state index in [0.717, 1.165) is 11.3 Å². The third-order valence-electron chi connectivity index (χ3n) is 3.42. The molecular formula is C21H16ClNO2. The lowest BCUT2D eigenvalue weighted by Crippen LogP contribution is -2.07. The van der Waals surface area contributed by atoms with Crippen molar-refractivity contribution >= 4 is 29.3 Å². The van der Waals surface area contributed by atoms with Crippen LogP contribution in [0.25, 0.3) is 6.08 Å². The Labute approximate surface area is 151 Å². The Kier molecular flexibility index (Phi) is 5.50. The van der Waals surface area contributed by atoms with Gasteiger partial charge in [-0.3, -0.25) is 4.79 Å². The van der Waals surface area contributed by atoms with Crippen molar-refractivity contribution in [2.24, 2.45) is 0 Å². The molecule has 0 unspecified atom stereocenters. The summed E-state index contributed by atoms with van der Waals surface area (Å²) in [4.78, 5) is 12.0. The first-order valence-electron chi connectivity index (χ1n) is 7.77. The average Bonchev–Trinajstić information content (AvgIpc) is 2.64. The summed E-state index contributed by atoms with van der Waals surface area (Å²) in [5.74, 6) is 1.24. The van der Waals surface area contributed by atoms with Gasteiger partial charge in [0.1, 0.15) is 11.5 Å². The van der Waals surface area contributed by atoms with Crippen molar-refractivity contribution in [1.29, 1.82) is 0 Å². The smallest absolute Gasteiger partial charge is 0.248 e. The van der Waals surface area contributed by atoms with Crippen molar-refractivity contribution in [1.82, 2.24) is 0 Å². The number of anilines is 1. The second kappa shape index (κ2) is 8.18. The van der Waals surface area contributed by atoms with Gasteiger partial charge in [0.2, 0.25) is 5.91 Å². The van der Waals surface area contributed by atoms with Gasteiger partial charge in [-0.25, -0.2) is 0 Å². The number of nitrogens with one attached hydrogen (secondary N) is 1. The fourth-order valence-electron chi connectivity index (χ4n) is 2.19. The van der Waals surface area contributed by atoms with Gasteiger partial charge < -0.3 is 10.1 Å². The van der Waals surface area contributed by atoms with E-state index in [0.29, 0.717) is 16.5 Å². The largest absolute Gasteiger partial charge is 0.457 e. The number of rotatable bonds is 5. The van der Waals surface area contributed by atoms with Gasteiger partial charge in [0.05, 0.1) is 0 Å². The molecule has 0 aliphatic rings.